The molecule has 23 heavy (non-hydrogen) atoms. The molecule has 3 rings (SSSR count). The van der Waals surface area contributed by atoms with Crippen molar-refractivity contribution in [2.45, 2.75) is 6.54 Å². The fourth-order valence-corrected chi connectivity index (χ4v) is 2.72. The highest BCUT2D eigenvalue weighted by atomic mass is 79.9. The van der Waals surface area contributed by atoms with Crippen molar-refractivity contribution in [1.29, 1.82) is 0 Å². The van der Waals surface area contributed by atoms with Gasteiger partial charge in [0.1, 0.15) is 11.6 Å². The highest BCUT2D eigenvalue weighted by Gasteiger charge is 2.10. The number of anilines is 1. The number of benzene rings is 2. The van der Waals surface area contributed by atoms with E-state index in [1.165, 1.54) is 18.2 Å². The summed E-state index contributed by atoms with van der Waals surface area (Å²) in [5.41, 5.74) is 2.26. The van der Waals surface area contributed by atoms with Gasteiger partial charge in [-0.15, -0.1) is 0 Å². The van der Waals surface area contributed by atoms with Crippen LogP contribution in [-0.2, 0) is 13.6 Å². The highest BCUT2D eigenvalue weighted by Crippen LogP contribution is 2.23. The number of hydrogen-bond acceptors (Lipinski definition) is 2. The normalized spacial score (nSPS) is 10.8. The standard InChI is InChI=1S/C17H14BrF2N3/c1-23-16(11-2-5-14(19)6-3-11)10-22-17(23)21-9-12-8-13(18)4-7-15(12)20/h2-8,10H,9H2,1H3,(H,21,22). The smallest absolute Gasteiger partial charge is 0.203 e. The van der Waals surface area contributed by atoms with Crippen LogP contribution in [0.3, 0.4) is 0 Å². The Morgan fingerprint density at radius 1 is 1.13 bits per heavy atom. The van der Waals surface area contributed by atoms with Crippen LogP contribution in [0.25, 0.3) is 11.3 Å². The largest absolute Gasteiger partial charge is 0.351 e. The van der Waals surface area contributed by atoms with Gasteiger partial charge in [0, 0.05) is 29.2 Å². The van der Waals surface area contributed by atoms with E-state index in [0.29, 0.717) is 18.1 Å². The molecule has 0 atom stereocenters. The molecule has 0 radical (unpaired) electrons. The van der Waals surface area contributed by atoms with Crippen LogP contribution in [0.2, 0.25) is 0 Å². The van der Waals surface area contributed by atoms with Crippen molar-refractivity contribution in [2.24, 2.45) is 7.05 Å². The van der Waals surface area contributed by atoms with Gasteiger partial charge in [-0.2, -0.15) is 0 Å². The van der Waals surface area contributed by atoms with Crippen LogP contribution in [0, 0.1) is 11.6 Å². The van der Waals surface area contributed by atoms with Gasteiger partial charge >= 0.3 is 0 Å². The van der Waals surface area contributed by atoms with Crippen LogP contribution >= 0.6 is 15.9 Å². The predicted octanol–water partition coefficient (Wildman–Crippen LogP) is 4.74. The minimum atomic E-state index is -0.278. The van der Waals surface area contributed by atoms with E-state index in [-0.39, 0.29) is 11.6 Å². The Kier molecular flexibility index (Phi) is 4.43. The van der Waals surface area contributed by atoms with E-state index in [4.69, 9.17) is 0 Å². The molecule has 0 amide bonds. The Hall–Kier alpha value is -2.21. The first-order valence-corrected chi connectivity index (χ1v) is 7.79. The molecule has 1 N–H and O–H groups in total. The van der Waals surface area contributed by atoms with Crippen LogP contribution in [0.5, 0.6) is 0 Å². The Labute approximate surface area is 141 Å². The van der Waals surface area contributed by atoms with E-state index in [9.17, 15) is 8.78 Å². The second kappa shape index (κ2) is 6.50. The lowest BCUT2D eigenvalue weighted by Gasteiger charge is -2.09. The van der Waals surface area contributed by atoms with Crippen LogP contribution in [0.15, 0.2) is 53.1 Å². The van der Waals surface area contributed by atoms with Crippen LogP contribution < -0.4 is 5.32 Å². The van der Waals surface area contributed by atoms with Gasteiger partial charge in [0.2, 0.25) is 5.95 Å². The molecular formula is C17H14BrF2N3. The van der Waals surface area contributed by atoms with Gasteiger partial charge in [-0.3, -0.25) is 0 Å². The fraction of sp³-hybridized carbons (Fsp3) is 0.118. The average molecular weight is 378 g/mol. The van der Waals surface area contributed by atoms with E-state index in [0.717, 1.165) is 15.7 Å². The summed E-state index contributed by atoms with van der Waals surface area (Å²) in [4.78, 5) is 4.31. The number of nitrogens with zero attached hydrogens (tertiary/aromatic N) is 2. The zero-order valence-electron chi connectivity index (χ0n) is 12.4. The molecule has 0 saturated heterocycles. The highest BCUT2D eigenvalue weighted by molar-refractivity contribution is 9.10. The molecule has 1 heterocycles. The fourth-order valence-electron chi connectivity index (χ4n) is 2.32. The minimum Gasteiger partial charge on any atom is -0.351 e. The molecule has 0 saturated carbocycles. The number of aromatic nitrogens is 2. The molecule has 3 nitrogen and oxygen atoms in total. The lowest BCUT2D eigenvalue weighted by Crippen LogP contribution is -2.07. The summed E-state index contributed by atoms with van der Waals surface area (Å²) in [7, 11) is 1.85. The van der Waals surface area contributed by atoms with Gasteiger partial charge < -0.3 is 9.88 Å². The maximum absolute atomic E-state index is 13.8. The molecule has 0 bridgehead atoms. The van der Waals surface area contributed by atoms with Crippen molar-refractivity contribution >= 4 is 21.9 Å². The summed E-state index contributed by atoms with van der Waals surface area (Å²) in [5.74, 6) is 0.0664. The third-order valence-electron chi connectivity index (χ3n) is 3.57. The van der Waals surface area contributed by atoms with Crippen molar-refractivity contribution in [3.8, 4) is 11.3 Å². The lowest BCUT2D eigenvalue weighted by atomic mass is 10.2. The summed E-state index contributed by atoms with van der Waals surface area (Å²) in [6.45, 7) is 0.318. The van der Waals surface area contributed by atoms with Crippen molar-refractivity contribution in [3.63, 3.8) is 0 Å². The average Bonchev–Trinajstić information content (AvgIpc) is 2.90. The van der Waals surface area contributed by atoms with Crippen molar-refractivity contribution < 1.29 is 8.78 Å². The van der Waals surface area contributed by atoms with Crippen molar-refractivity contribution in [1.82, 2.24) is 9.55 Å². The summed E-state index contributed by atoms with van der Waals surface area (Å²) in [5, 5.41) is 3.12. The molecule has 0 unspecified atom stereocenters. The maximum atomic E-state index is 13.8. The topological polar surface area (TPSA) is 29.9 Å². The van der Waals surface area contributed by atoms with E-state index in [1.54, 1.807) is 30.5 Å². The van der Waals surface area contributed by atoms with Gasteiger partial charge in [-0.05, 0) is 42.5 Å². The van der Waals surface area contributed by atoms with Crippen LogP contribution in [0.4, 0.5) is 14.7 Å². The number of nitrogens with one attached hydrogen (secondary N) is 1. The Morgan fingerprint density at radius 2 is 1.87 bits per heavy atom. The third-order valence-corrected chi connectivity index (χ3v) is 4.07. The Balaban J connectivity index is 1.79. The molecule has 0 aliphatic heterocycles. The quantitative estimate of drug-likeness (QED) is 0.711. The summed E-state index contributed by atoms with van der Waals surface area (Å²) in [6.07, 6.45) is 1.70. The van der Waals surface area contributed by atoms with Crippen LogP contribution in [0.1, 0.15) is 5.56 Å². The number of rotatable bonds is 4. The molecule has 0 fully saturated rings. The first-order valence-electron chi connectivity index (χ1n) is 7.00. The monoisotopic (exact) mass is 377 g/mol. The van der Waals surface area contributed by atoms with Gasteiger partial charge in [-0.25, -0.2) is 13.8 Å². The second-order valence-corrected chi connectivity index (χ2v) is 6.04. The summed E-state index contributed by atoms with van der Waals surface area (Å²) in [6, 6.07) is 11.0. The second-order valence-electron chi connectivity index (χ2n) is 5.12. The maximum Gasteiger partial charge on any atom is 0.203 e. The molecule has 2 aromatic carbocycles. The predicted molar refractivity (Wildman–Crippen MR) is 90.0 cm³/mol. The van der Waals surface area contributed by atoms with Crippen LogP contribution in [-0.4, -0.2) is 9.55 Å². The third kappa shape index (κ3) is 3.42. The Bertz CT molecular complexity index is 828. The molecular weight excluding hydrogens is 364 g/mol. The SMILES string of the molecule is Cn1c(-c2ccc(F)cc2)cnc1NCc1cc(Br)ccc1F. The first kappa shape index (κ1) is 15.7. The van der Waals surface area contributed by atoms with Gasteiger partial charge in [-0.1, -0.05) is 15.9 Å². The molecule has 0 aliphatic rings. The summed E-state index contributed by atoms with van der Waals surface area (Å²) < 4.78 is 29.4. The summed E-state index contributed by atoms with van der Waals surface area (Å²) >= 11 is 3.33. The van der Waals surface area contributed by atoms with E-state index in [1.807, 2.05) is 11.6 Å². The van der Waals surface area contributed by atoms with E-state index < -0.39 is 0 Å². The van der Waals surface area contributed by atoms with E-state index in [2.05, 4.69) is 26.2 Å². The number of imidazole rings is 1. The van der Waals surface area contributed by atoms with E-state index >= 15 is 0 Å². The molecule has 3 aromatic rings. The number of halogens is 3. The van der Waals surface area contributed by atoms with Gasteiger partial charge in [0.05, 0.1) is 11.9 Å². The van der Waals surface area contributed by atoms with Crippen molar-refractivity contribution in [3.05, 3.63) is 70.3 Å². The molecule has 0 spiro atoms. The van der Waals surface area contributed by atoms with Gasteiger partial charge in [0.25, 0.3) is 0 Å². The molecule has 0 aliphatic carbocycles. The number of hydrogen-bond donors (Lipinski definition) is 1. The first-order chi connectivity index (χ1) is 11.0. The Morgan fingerprint density at radius 3 is 2.61 bits per heavy atom. The minimum absolute atomic E-state index is 0.270. The van der Waals surface area contributed by atoms with Gasteiger partial charge in [0.15, 0.2) is 0 Å². The lowest BCUT2D eigenvalue weighted by molar-refractivity contribution is 0.612. The zero-order valence-corrected chi connectivity index (χ0v) is 13.9. The molecule has 6 heteroatoms. The zero-order chi connectivity index (χ0) is 16.4. The van der Waals surface area contributed by atoms with Crippen molar-refractivity contribution in [2.75, 3.05) is 5.32 Å². The molecule has 118 valence electrons. The molecule has 1 aromatic heterocycles.